The van der Waals surface area contributed by atoms with Crippen molar-refractivity contribution < 1.29 is 14.0 Å². The first-order valence-corrected chi connectivity index (χ1v) is 13.0. The summed E-state index contributed by atoms with van der Waals surface area (Å²) >= 11 is 0. The summed E-state index contributed by atoms with van der Waals surface area (Å²) in [5.74, 6) is -0.654. The van der Waals surface area contributed by atoms with Crippen LogP contribution in [0.2, 0.25) is 18.1 Å². The van der Waals surface area contributed by atoms with Gasteiger partial charge in [-0.05, 0) is 35.8 Å². The van der Waals surface area contributed by atoms with Gasteiger partial charge in [-0.3, -0.25) is 0 Å². The molecule has 0 bridgehead atoms. The Kier molecular flexibility index (Phi) is 8.22. The van der Waals surface area contributed by atoms with E-state index in [9.17, 15) is 10.1 Å². The minimum atomic E-state index is -2.30. The summed E-state index contributed by atoms with van der Waals surface area (Å²) in [4.78, 5) is 15.3. The van der Waals surface area contributed by atoms with E-state index in [4.69, 9.17) is 9.16 Å². The SMILES string of the molecule is CC[Si](CC)(CC)OC(C#N)(C(=O)OCc1ccccc1)c1ccc(N(C)C)cc1. The minimum absolute atomic E-state index is 0.0984. The van der Waals surface area contributed by atoms with Crippen LogP contribution in [0, 0.1) is 11.3 Å². The molecule has 0 heterocycles. The Hall–Kier alpha value is -2.62. The summed E-state index contributed by atoms with van der Waals surface area (Å²) in [6.07, 6.45) is 0. The van der Waals surface area contributed by atoms with Gasteiger partial charge in [-0.2, -0.15) is 5.26 Å². The lowest BCUT2D eigenvalue weighted by Gasteiger charge is -2.37. The van der Waals surface area contributed by atoms with Gasteiger partial charge < -0.3 is 14.1 Å². The molecular formula is C24H32N2O3Si. The molecule has 2 aromatic rings. The second-order valence-corrected chi connectivity index (χ2v) is 12.3. The van der Waals surface area contributed by atoms with Gasteiger partial charge in [-0.15, -0.1) is 0 Å². The Morgan fingerprint density at radius 1 is 1.00 bits per heavy atom. The number of carbonyl (C=O) groups excluding carboxylic acids is 1. The Morgan fingerprint density at radius 2 is 1.57 bits per heavy atom. The number of nitriles is 1. The average Bonchev–Trinajstić information content (AvgIpc) is 2.80. The topological polar surface area (TPSA) is 62.6 Å². The molecule has 0 radical (unpaired) electrons. The summed E-state index contributed by atoms with van der Waals surface area (Å²) < 4.78 is 12.2. The molecular weight excluding hydrogens is 392 g/mol. The highest BCUT2D eigenvalue weighted by Crippen LogP contribution is 2.36. The Labute approximate surface area is 181 Å². The van der Waals surface area contributed by atoms with Gasteiger partial charge >= 0.3 is 5.97 Å². The van der Waals surface area contributed by atoms with Gasteiger partial charge in [0.15, 0.2) is 8.32 Å². The molecule has 30 heavy (non-hydrogen) atoms. The molecule has 0 saturated heterocycles. The quantitative estimate of drug-likeness (QED) is 0.386. The van der Waals surface area contributed by atoms with Gasteiger partial charge in [0.1, 0.15) is 12.7 Å². The van der Waals surface area contributed by atoms with E-state index in [1.54, 1.807) is 12.1 Å². The van der Waals surface area contributed by atoms with Crippen molar-refractivity contribution in [3.63, 3.8) is 0 Å². The molecule has 0 saturated carbocycles. The molecule has 1 atom stereocenters. The maximum atomic E-state index is 13.4. The van der Waals surface area contributed by atoms with Crippen LogP contribution in [0.1, 0.15) is 31.9 Å². The molecule has 2 rings (SSSR count). The second-order valence-electron chi connectivity index (χ2n) is 7.64. The molecule has 160 valence electrons. The first-order chi connectivity index (χ1) is 14.4. The van der Waals surface area contributed by atoms with Crippen molar-refractivity contribution in [1.82, 2.24) is 0 Å². The van der Waals surface area contributed by atoms with E-state index >= 15 is 0 Å². The van der Waals surface area contributed by atoms with Crippen molar-refractivity contribution >= 4 is 20.0 Å². The normalized spacial score (nSPS) is 13.2. The number of carbonyl (C=O) groups is 1. The van der Waals surface area contributed by atoms with Gasteiger partial charge in [0.25, 0.3) is 5.60 Å². The van der Waals surface area contributed by atoms with E-state index in [2.05, 4.69) is 26.8 Å². The lowest BCUT2D eigenvalue weighted by molar-refractivity contribution is -0.160. The van der Waals surface area contributed by atoms with Crippen molar-refractivity contribution in [2.45, 2.75) is 51.1 Å². The standard InChI is InChI=1S/C24H32N2O3Si/c1-6-30(7-2,8-3)29-24(19-25,21-14-16-22(17-15-21)26(4)5)23(27)28-18-20-12-10-9-11-13-20/h9-17H,6-8,18H2,1-5H3. The van der Waals surface area contributed by atoms with Crippen LogP contribution in [-0.2, 0) is 26.2 Å². The van der Waals surface area contributed by atoms with Crippen molar-refractivity contribution in [2.24, 2.45) is 0 Å². The fourth-order valence-electron chi connectivity index (χ4n) is 3.46. The third-order valence-corrected chi connectivity index (χ3v) is 10.4. The number of hydrogen-bond donors (Lipinski definition) is 0. The van der Waals surface area contributed by atoms with Crippen LogP contribution < -0.4 is 4.90 Å². The van der Waals surface area contributed by atoms with Crippen molar-refractivity contribution in [3.8, 4) is 6.07 Å². The lowest BCUT2D eigenvalue weighted by Crippen LogP contribution is -2.50. The first-order valence-electron chi connectivity index (χ1n) is 10.5. The number of anilines is 1. The van der Waals surface area contributed by atoms with Gasteiger partial charge in [-0.25, -0.2) is 4.79 Å². The first kappa shape index (κ1) is 23.7. The molecule has 6 heteroatoms. The Bertz CT molecular complexity index is 850. The summed E-state index contributed by atoms with van der Waals surface area (Å²) in [6, 6.07) is 21.5. The number of rotatable bonds is 10. The molecule has 0 fully saturated rings. The van der Waals surface area contributed by atoms with E-state index in [-0.39, 0.29) is 6.61 Å². The summed E-state index contributed by atoms with van der Waals surface area (Å²) in [7, 11) is 1.59. The third-order valence-electron chi connectivity index (χ3n) is 5.75. The summed E-state index contributed by atoms with van der Waals surface area (Å²) in [6.45, 7) is 6.32. The van der Waals surface area contributed by atoms with E-state index in [1.165, 1.54) is 0 Å². The lowest BCUT2D eigenvalue weighted by atomic mass is 9.95. The highest BCUT2D eigenvalue weighted by atomic mass is 28.4. The molecule has 0 spiro atoms. The molecule has 0 aromatic heterocycles. The van der Waals surface area contributed by atoms with Crippen LogP contribution in [-0.4, -0.2) is 28.4 Å². The van der Waals surface area contributed by atoms with Crippen LogP contribution in [0.3, 0.4) is 0 Å². The van der Waals surface area contributed by atoms with E-state index in [1.807, 2.05) is 61.5 Å². The minimum Gasteiger partial charge on any atom is -0.458 e. The molecule has 0 N–H and O–H groups in total. The predicted molar refractivity (Wildman–Crippen MR) is 123 cm³/mol. The largest absolute Gasteiger partial charge is 0.458 e. The zero-order valence-corrected chi connectivity index (χ0v) is 19.6. The third kappa shape index (κ3) is 5.10. The van der Waals surface area contributed by atoms with Gasteiger partial charge in [0, 0.05) is 25.3 Å². The highest BCUT2D eigenvalue weighted by molar-refractivity contribution is 6.73. The number of hydrogen-bond acceptors (Lipinski definition) is 5. The van der Waals surface area contributed by atoms with E-state index < -0.39 is 19.9 Å². The molecule has 2 aromatic carbocycles. The molecule has 1 unspecified atom stereocenters. The van der Waals surface area contributed by atoms with Crippen LogP contribution in [0.4, 0.5) is 5.69 Å². The fourth-order valence-corrected chi connectivity index (χ4v) is 6.29. The average molecular weight is 425 g/mol. The number of nitrogens with zero attached hydrogens (tertiary/aromatic N) is 2. The Morgan fingerprint density at radius 3 is 2.03 bits per heavy atom. The number of esters is 1. The van der Waals surface area contributed by atoms with Gasteiger partial charge in [0.05, 0.1) is 0 Å². The summed E-state index contributed by atoms with van der Waals surface area (Å²) in [5, 5.41) is 10.3. The monoisotopic (exact) mass is 424 g/mol. The second kappa shape index (κ2) is 10.4. The number of ether oxygens (including phenoxy) is 1. The molecule has 0 aliphatic rings. The summed E-state index contributed by atoms with van der Waals surface area (Å²) in [5.41, 5.74) is 0.591. The van der Waals surface area contributed by atoms with E-state index in [0.717, 1.165) is 29.4 Å². The fraction of sp³-hybridized carbons (Fsp3) is 0.417. The van der Waals surface area contributed by atoms with Crippen molar-refractivity contribution in [1.29, 1.82) is 5.26 Å². The van der Waals surface area contributed by atoms with Crippen LogP contribution in [0.25, 0.3) is 0 Å². The predicted octanol–water partition coefficient (Wildman–Crippen LogP) is 5.24. The number of benzene rings is 2. The maximum absolute atomic E-state index is 13.4. The van der Waals surface area contributed by atoms with Gasteiger partial charge in [0.2, 0.25) is 0 Å². The van der Waals surface area contributed by atoms with Crippen LogP contribution in [0.5, 0.6) is 0 Å². The maximum Gasteiger partial charge on any atom is 0.357 e. The van der Waals surface area contributed by atoms with Crippen molar-refractivity contribution in [2.75, 3.05) is 19.0 Å². The molecule has 0 aliphatic carbocycles. The zero-order chi connectivity index (χ0) is 22.2. The zero-order valence-electron chi connectivity index (χ0n) is 18.6. The molecule has 0 amide bonds. The highest BCUT2D eigenvalue weighted by Gasteiger charge is 2.49. The Balaban J connectivity index is 2.46. The smallest absolute Gasteiger partial charge is 0.357 e. The van der Waals surface area contributed by atoms with Crippen LogP contribution in [0.15, 0.2) is 54.6 Å². The van der Waals surface area contributed by atoms with Gasteiger partial charge in [-0.1, -0.05) is 63.2 Å². The van der Waals surface area contributed by atoms with E-state index in [0.29, 0.717) is 5.56 Å². The van der Waals surface area contributed by atoms with Crippen molar-refractivity contribution in [3.05, 3.63) is 65.7 Å². The molecule has 5 nitrogen and oxygen atoms in total. The van der Waals surface area contributed by atoms with Crippen LogP contribution >= 0.6 is 0 Å². The molecule has 0 aliphatic heterocycles.